The van der Waals surface area contributed by atoms with Gasteiger partial charge in [0, 0.05) is 17.7 Å². The van der Waals surface area contributed by atoms with Gasteiger partial charge < -0.3 is 9.47 Å². The zero-order valence-corrected chi connectivity index (χ0v) is 13.3. The van der Waals surface area contributed by atoms with Crippen molar-refractivity contribution in [1.82, 2.24) is 0 Å². The van der Waals surface area contributed by atoms with Gasteiger partial charge in [-0.05, 0) is 36.2 Å². The molecule has 2 aromatic rings. The minimum atomic E-state index is -4.38. The van der Waals surface area contributed by atoms with Gasteiger partial charge >= 0.3 is 6.18 Å². The van der Waals surface area contributed by atoms with Crippen LogP contribution in [0.25, 0.3) is 0 Å². The number of rotatable bonds is 3. The minimum absolute atomic E-state index is 0.443. The number of hydrogen-bond donors (Lipinski definition) is 0. The second-order valence-corrected chi connectivity index (χ2v) is 5.42. The molecule has 1 heterocycles. The standard InChI is InChI=1S/C18H16F3NO2/c1-23-15-9-11-6-7-22-17(14(11)10-16(15)24-2)12-4-3-5-13(8-12)18(19,20)21/h3-5,8-10H,6-7H2,1-2H3. The number of ether oxygens (including phenoxy) is 2. The van der Waals surface area contributed by atoms with Crippen LogP contribution in [0.2, 0.25) is 0 Å². The lowest BCUT2D eigenvalue weighted by molar-refractivity contribution is -0.137. The first kappa shape index (κ1) is 16.4. The molecule has 0 atom stereocenters. The lowest BCUT2D eigenvalue weighted by atomic mass is 9.92. The molecule has 3 nitrogen and oxygen atoms in total. The Hall–Kier alpha value is -2.50. The van der Waals surface area contributed by atoms with E-state index in [1.807, 2.05) is 6.07 Å². The van der Waals surface area contributed by atoms with Gasteiger partial charge in [-0.1, -0.05) is 12.1 Å². The van der Waals surface area contributed by atoms with Crippen molar-refractivity contribution in [2.45, 2.75) is 12.6 Å². The van der Waals surface area contributed by atoms with E-state index in [2.05, 4.69) is 4.99 Å². The highest BCUT2D eigenvalue weighted by molar-refractivity contribution is 6.14. The molecule has 0 bridgehead atoms. The van der Waals surface area contributed by atoms with E-state index in [9.17, 15) is 13.2 Å². The van der Waals surface area contributed by atoms with Crippen molar-refractivity contribution in [2.24, 2.45) is 4.99 Å². The molecule has 0 saturated carbocycles. The van der Waals surface area contributed by atoms with E-state index in [0.29, 0.717) is 35.7 Å². The van der Waals surface area contributed by atoms with Crippen LogP contribution in [0, 0.1) is 0 Å². The topological polar surface area (TPSA) is 30.8 Å². The summed E-state index contributed by atoms with van der Waals surface area (Å²) < 4.78 is 49.5. The number of aliphatic imine (C=N–C) groups is 1. The molecular weight excluding hydrogens is 319 g/mol. The van der Waals surface area contributed by atoms with Crippen molar-refractivity contribution in [3.8, 4) is 11.5 Å². The fourth-order valence-electron chi connectivity index (χ4n) is 2.81. The molecule has 0 amide bonds. The Kier molecular flexibility index (Phi) is 4.22. The maximum Gasteiger partial charge on any atom is 0.416 e. The Morgan fingerprint density at radius 1 is 1.00 bits per heavy atom. The average molecular weight is 335 g/mol. The fraction of sp³-hybridized carbons (Fsp3) is 0.278. The van der Waals surface area contributed by atoms with Gasteiger partial charge in [-0.3, -0.25) is 4.99 Å². The zero-order chi connectivity index (χ0) is 17.3. The van der Waals surface area contributed by atoms with Gasteiger partial charge in [0.05, 0.1) is 25.5 Å². The predicted octanol–water partition coefficient (Wildman–Crippen LogP) is 4.12. The molecule has 126 valence electrons. The van der Waals surface area contributed by atoms with E-state index < -0.39 is 11.7 Å². The van der Waals surface area contributed by atoms with E-state index in [4.69, 9.17) is 9.47 Å². The molecule has 2 aromatic carbocycles. The smallest absolute Gasteiger partial charge is 0.416 e. The normalized spacial score (nSPS) is 14.0. The van der Waals surface area contributed by atoms with Crippen molar-refractivity contribution < 1.29 is 22.6 Å². The molecule has 1 aliphatic heterocycles. The van der Waals surface area contributed by atoms with Crippen LogP contribution in [-0.4, -0.2) is 26.5 Å². The van der Waals surface area contributed by atoms with Crippen molar-refractivity contribution in [1.29, 1.82) is 0 Å². The number of methoxy groups -OCH3 is 2. The number of nitrogens with zero attached hydrogens (tertiary/aromatic N) is 1. The van der Waals surface area contributed by atoms with Crippen LogP contribution in [-0.2, 0) is 12.6 Å². The summed E-state index contributed by atoms with van der Waals surface area (Å²) in [5.41, 5.74) is 2.06. The largest absolute Gasteiger partial charge is 0.493 e. The number of hydrogen-bond acceptors (Lipinski definition) is 3. The zero-order valence-electron chi connectivity index (χ0n) is 13.3. The van der Waals surface area contributed by atoms with Crippen LogP contribution >= 0.6 is 0 Å². The van der Waals surface area contributed by atoms with Crippen LogP contribution in [0.3, 0.4) is 0 Å². The number of halogens is 3. The quantitative estimate of drug-likeness (QED) is 0.845. The Labute approximate surface area is 137 Å². The highest BCUT2D eigenvalue weighted by Gasteiger charge is 2.31. The summed E-state index contributed by atoms with van der Waals surface area (Å²) in [5, 5.41) is 0. The maximum atomic E-state index is 13.0. The van der Waals surface area contributed by atoms with E-state index >= 15 is 0 Å². The summed E-state index contributed by atoms with van der Waals surface area (Å²) >= 11 is 0. The molecule has 0 fully saturated rings. The summed E-state index contributed by atoms with van der Waals surface area (Å²) in [4.78, 5) is 4.45. The lowest BCUT2D eigenvalue weighted by Gasteiger charge is -2.20. The van der Waals surface area contributed by atoms with Crippen LogP contribution in [0.4, 0.5) is 13.2 Å². The van der Waals surface area contributed by atoms with Crippen LogP contribution in [0.1, 0.15) is 22.3 Å². The first-order valence-electron chi connectivity index (χ1n) is 7.41. The molecule has 0 spiro atoms. The van der Waals surface area contributed by atoms with E-state index in [1.54, 1.807) is 19.2 Å². The van der Waals surface area contributed by atoms with Gasteiger partial charge in [0.25, 0.3) is 0 Å². The maximum absolute atomic E-state index is 13.0. The molecule has 0 N–H and O–H groups in total. The third-order valence-electron chi connectivity index (χ3n) is 3.98. The highest BCUT2D eigenvalue weighted by atomic mass is 19.4. The minimum Gasteiger partial charge on any atom is -0.493 e. The van der Waals surface area contributed by atoms with Gasteiger partial charge in [0.15, 0.2) is 11.5 Å². The van der Waals surface area contributed by atoms with Crippen molar-refractivity contribution in [3.63, 3.8) is 0 Å². The molecule has 0 saturated heterocycles. The fourth-order valence-corrected chi connectivity index (χ4v) is 2.81. The molecular formula is C18H16F3NO2. The van der Waals surface area contributed by atoms with Gasteiger partial charge in [-0.15, -0.1) is 0 Å². The summed E-state index contributed by atoms with van der Waals surface area (Å²) in [5.74, 6) is 1.12. The van der Waals surface area contributed by atoms with E-state index in [1.165, 1.54) is 13.2 Å². The molecule has 3 rings (SSSR count). The third kappa shape index (κ3) is 2.96. The van der Waals surface area contributed by atoms with Crippen molar-refractivity contribution >= 4 is 5.71 Å². The summed E-state index contributed by atoms with van der Waals surface area (Å²) in [6.45, 7) is 0.522. The first-order valence-corrected chi connectivity index (χ1v) is 7.41. The lowest BCUT2D eigenvalue weighted by Crippen LogP contribution is -2.16. The SMILES string of the molecule is COc1cc2c(cc1OC)C(c1cccc(C(F)(F)F)c1)=NCC2. The van der Waals surface area contributed by atoms with Crippen molar-refractivity contribution in [3.05, 3.63) is 58.7 Å². The second-order valence-electron chi connectivity index (χ2n) is 5.42. The van der Waals surface area contributed by atoms with Gasteiger partial charge in [0.2, 0.25) is 0 Å². The summed E-state index contributed by atoms with van der Waals surface area (Å²) in [6, 6.07) is 8.85. The van der Waals surface area contributed by atoms with Crippen LogP contribution in [0.5, 0.6) is 11.5 Å². The van der Waals surface area contributed by atoms with Crippen molar-refractivity contribution in [2.75, 3.05) is 20.8 Å². The Bertz CT molecular complexity index is 797. The van der Waals surface area contributed by atoms with Gasteiger partial charge in [-0.2, -0.15) is 13.2 Å². The van der Waals surface area contributed by atoms with Gasteiger partial charge in [0.1, 0.15) is 0 Å². The molecule has 0 radical (unpaired) electrons. The first-order chi connectivity index (χ1) is 11.4. The van der Waals surface area contributed by atoms with Crippen LogP contribution in [0.15, 0.2) is 41.4 Å². The number of fused-ring (bicyclic) bond motifs is 1. The Morgan fingerprint density at radius 3 is 2.38 bits per heavy atom. The Balaban J connectivity index is 2.11. The van der Waals surface area contributed by atoms with Crippen LogP contribution < -0.4 is 9.47 Å². The van der Waals surface area contributed by atoms with Gasteiger partial charge in [-0.25, -0.2) is 0 Å². The predicted molar refractivity (Wildman–Crippen MR) is 85.2 cm³/mol. The molecule has 1 aliphatic rings. The summed E-state index contributed by atoms with van der Waals surface area (Å²) in [7, 11) is 3.07. The van der Waals surface area contributed by atoms with E-state index in [0.717, 1.165) is 23.3 Å². The average Bonchev–Trinajstić information content (AvgIpc) is 2.59. The molecule has 24 heavy (non-hydrogen) atoms. The number of alkyl halides is 3. The summed E-state index contributed by atoms with van der Waals surface area (Å²) in [6.07, 6.45) is -3.68. The Morgan fingerprint density at radius 2 is 1.71 bits per heavy atom. The number of benzene rings is 2. The monoisotopic (exact) mass is 335 g/mol. The second kappa shape index (κ2) is 6.19. The van der Waals surface area contributed by atoms with E-state index in [-0.39, 0.29) is 0 Å². The highest BCUT2D eigenvalue weighted by Crippen LogP contribution is 2.35. The molecule has 6 heteroatoms. The molecule has 0 aromatic heterocycles. The molecule has 0 unspecified atom stereocenters. The third-order valence-corrected chi connectivity index (χ3v) is 3.98. The molecule has 0 aliphatic carbocycles.